The number of aliphatic carboxylic acids is 1. The lowest BCUT2D eigenvalue weighted by molar-refractivity contribution is -0.141. The maximum atomic E-state index is 13.0. The standard InChI is InChI=1S/C31H50N2O6S2/c1-23(24-14-16-26(17-15-24)28(35)32-19-21-39-31(2,3)18-20-34)41-40-22-27(30(37)38)33-29(36)25-12-10-8-6-4-5-7-9-11-13-25/h14-17,23,25,27,34H,4-13,18-22H2,1-3H3,(H,32,35)(H,33,36)(H,37,38). The number of carbonyl (C=O) groups excluding carboxylic acids is 2. The van der Waals surface area contributed by atoms with E-state index in [0.29, 0.717) is 25.1 Å². The van der Waals surface area contributed by atoms with Gasteiger partial charge in [-0.1, -0.05) is 85.1 Å². The largest absolute Gasteiger partial charge is 0.480 e. The molecule has 1 aliphatic rings. The van der Waals surface area contributed by atoms with Crippen molar-refractivity contribution in [1.82, 2.24) is 10.6 Å². The molecular formula is C31H50N2O6S2. The van der Waals surface area contributed by atoms with Gasteiger partial charge in [0.1, 0.15) is 6.04 Å². The van der Waals surface area contributed by atoms with Crippen LogP contribution >= 0.6 is 21.6 Å². The number of carbonyl (C=O) groups is 3. The summed E-state index contributed by atoms with van der Waals surface area (Å²) in [5, 5.41) is 24.6. The van der Waals surface area contributed by atoms with Gasteiger partial charge in [-0.05, 0) is 57.7 Å². The number of amides is 2. The van der Waals surface area contributed by atoms with Crippen molar-refractivity contribution in [3.8, 4) is 0 Å². The molecule has 2 rings (SSSR count). The zero-order valence-electron chi connectivity index (χ0n) is 25.0. The summed E-state index contributed by atoms with van der Waals surface area (Å²) in [6, 6.07) is 6.46. The number of aliphatic hydroxyl groups excluding tert-OH is 1. The molecule has 0 aliphatic heterocycles. The summed E-state index contributed by atoms with van der Waals surface area (Å²) >= 11 is 0. The van der Waals surface area contributed by atoms with Crippen LogP contribution in [0.1, 0.15) is 113 Å². The van der Waals surface area contributed by atoms with Gasteiger partial charge in [0.15, 0.2) is 0 Å². The monoisotopic (exact) mass is 610 g/mol. The Labute approximate surface area is 253 Å². The summed E-state index contributed by atoms with van der Waals surface area (Å²) in [4.78, 5) is 37.4. The SMILES string of the molecule is CC(SSCC(NC(=O)C1CCCCCCCCCC1)C(=O)O)c1ccc(C(=O)NCCOC(C)(C)CCO)cc1. The number of hydrogen-bond donors (Lipinski definition) is 4. The first-order valence-corrected chi connectivity index (χ1v) is 17.5. The van der Waals surface area contributed by atoms with Crippen LogP contribution in [0.4, 0.5) is 0 Å². The third-order valence-electron chi connectivity index (χ3n) is 7.52. The highest BCUT2D eigenvalue weighted by molar-refractivity contribution is 8.76. The van der Waals surface area contributed by atoms with Gasteiger partial charge in [0, 0.05) is 35.6 Å². The normalized spacial score (nSPS) is 17.2. The lowest BCUT2D eigenvalue weighted by Crippen LogP contribution is -2.45. The molecule has 1 aromatic carbocycles. The Morgan fingerprint density at radius 3 is 2.15 bits per heavy atom. The van der Waals surface area contributed by atoms with Gasteiger partial charge >= 0.3 is 5.97 Å². The predicted octanol–water partition coefficient (Wildman–Crippen LogP) is 6.14. The van der Waals surface area contributed by atoms with E-state index in [4.69, 9.17) is 9.84 Å². The van der Waals surface area contributed by atoms with Gasteiger partial charge in [-0.25, -0.2) is 4.79 Å². The van der Waals surface area contributed by atoms with E-state index in [2.05, 4.69) is 10.6 Å². The smallest absolute Gasteiger partial charge is 0.327 e. The summed E-state index contributed by atoms with van der Waals surface area (Å²) in [7, 11) is 3.00. The maximum absolute atomic E-state index is 13.0. The topological polar surface area (TPSA) is 125 Å². The van der Waals surface area contributed by atoms with Crippen LogP contribution < -0.4 is 10.6 Å². The first-order valence-electron chi connectivity index (χ1n) is 15.1. The summed E-state index contributed by atoms with van der Waals surface area (Å²) in [6.45, 7) is 6.64. The average molecular weight is 611 g/mol. The van der Waals surface area contributed by atoms with Crippen LogP contribution in [-0.2, 0) is 14.3 Å². The molecule has 4 N–H and O–H groups in total. The van der Waals surface area contributed by atoms with Crippen LogP contribution in [0.2, 0.25) is 0 Å². The minimum atomic E-state index is -1.01. The fourth-order valence-corrected chi connectivity index (χ4v) is 7.32. The van der Waals surface area contributed by atoms with Gasteiger partial charge < -0.3 is 25.6 Å². The van der Waals surface area contributed by atoms with Gasteiger partial charge in [-0.2, -0.15) is 0 Å². The van der Waals surface area contributed by atoms with Gasteiger partial charge in [0.25, 0.3) is 5.91 Å². The average Bonchev–Trinajstić information content (AvgIpc) is 3.00. The number of rotatable bonds is 15. The Bertz CT molecular complexity index is 916. The van der Waals surface area contributed by atoms with Crippen molar-refractivity contribution in [2.75, 3.05) is 25.5 Å². The van der Waals surface area contributed by atoms with Crippen LogP contribution in [0.25, 0.3) is 0 Å². The second-order valence-corrected chi connectivity index (χ2v) is 14.2. The molecule has 2 atom stereocenters. The molecule has 2 amide bonds. The zero-order valence-corrected chi connectivity index (χ0v) is 26.6. The van der Waals surface area contributed by atoms with Crippen LogP contribution in [0, 0.1) is 5.92 Å². The summed E-state index contributed by atoms with van der Waals surface area (Å²) in [5.41, 5.74) is 1.15. The van der Waals surface area contributed by atoms with Gasteiger partial charge in [-0.15, -0.1) is 0 Å². The first-order chi connectivity index (χ1) is 19.6. The fraction of sp³-hybridized carbons (Fsp3) is 0.710. The minimum absolute atomic E-state index is 0.0536. The van der Waals surface area contributed by atoms with Crippen molar-refractivity contribution in [2.45, 2.75) is 108 Å². The molecule has 0 saturated heterocycles. The first kappa shape index (κ1) is 35.4. The highest BCUT2D eigenvalue weighted by atomic mass is 33.1. The number of carboxylic acids is 1. The van der Waals surface area contributed by atoms with Gasteiger partial charge in [0.05, 0.1) is 12.2 Å². The van der Waals surface area contributed by atoms with Crippen LogP contribution in [0.3, 0.4) is 0 Å². The highest BCUT2D eigenvalue weighted by Gasteiger charge is 2.26. The molecule has 8 nitrogen and oxygen atoms in total. The molecule has 1 aliphatic carbocycles. The minimum Gasteiger partial charge on any atom is -0.480 e. The van der Waals surface area contributed by atoms with E-state index in [1.54, 1.807) is 22.9 Å². The van der Waals surface area contributed by atoms with Crippen molar-refractivity contribution in [3.63, 3.8) is 0 Å². The molecule has 41 heavy (non-hydrogen) atoms. The number of nitrogens with one attached hydrogen (secondary N) is 2. The number of ether oxygens (including phenoxy) is 1. The van der Waals surface area contributed by atoms with Gasteiger partial charge in [0.2, 0.25) is 5.91 Å². The third-order valence-corrected chi connectivity index (χ3v) is 10.4. The molecule has 1 fully saturated rings. The second kappa shape index (κ2) is 19.4. The van der Waals surface area contributed by atoms with Crippen LogP contribution in [0.5, 0.6) is 0 Å². The molecule has 0 heterocycles. The van der Waals surface area contributed by atoms with E-state index < -0.39 is 17.6 Å². The molecule has 10 heteroatoms. The van der Waals surface area contributed by atoms with E-state index in [9.17, 15) is 19.5 Å². The fourth-order valence-electron chi connectivity index (χ4n) is 4.82. The van der Waals surface area contributed by atoms with E-state index in [1.165, 1.54) is 36.5 Å². The number of benzene rings is 1. The Morgan fingerprint density at radius 2 is 1.59 bits per heavy atom. The molecule has 1 saturated carbocycles. The van der Waals surface area contributed by atoms with Crippen molar-refractivity contribution < 1.29 is 29.3 Å². The van der Waals surface area contributed by atoms with E-state index >= 15 is 0 Å². The van der Waals surface area contributed by atoms with Crippen LogP contribution in [-0.4, -0.2) is 65.2 Å². The van der Waals surface area contributed by atoms with Crippen LogP contribution in [0.15, 0.2) is 24.3 Å². The number of carboxylic acid groups (broad SMARTS) is 1. The Hall–Kier alpha value is -1.75. The molecule has 0 bridgehead atoms. The Balaban J connectivity index is 1.78. The molecular weight excluding hydrogens is 560 g/mol. The summed E-state index contributed by atoms with van der Waals surface area (Å²) < 4.78 is 5.71. The Kier molecular flexibility index (Phi) is 16.8. The number of hydrogen-bond acceptors (Lipinski definition) is 7. The molecule has 1 aromatic rings. The third kappa shape index (κ3) is 14.3. The van der Waals surface area contributed by atoms with Crippen molar-refractivity contribution in [2.24, 2.45) is 5.92 Å². The molecule has 232 valence electrons. The quantitative estimate of drug-likeness (QED) is 0.138. The van der Waals surface area contributed by atoms with E-state index in [1.807, 2.05) is 32.9 Å². The van der Waals surface area contributed by atoms with Crippen molar-refractivity contribution in [1.29, 1.82) is 0 Å². The second-order valence-electron chi connectivity index (χ2n) is 11.5. The lowest BCUT2D eigenvalue weighted by Gasteiger charge is -2.24. The lowest BCUT2D eigenvalue weighted by atomic mass is 9.94. The molecule has 0 aromatic heterocycles. The van der Waals surface area contributed by atoms with E-state index in [0.717, 1.165) is 44.1 Å². The summed E-state index contributed by atoms with van der Waals surface area (Å²) in [5.74, 6) is -1.13. The predicted molar refractivity (Wildman–Crippen MR) is 168 cm³/mol. The van der Waals surface area contributed by atoms with Gasteiger partial charge in [-0.3, -0.25) is 9.59 Å². The Morgan fingerprint density at radius 1 is 1.00 bits per heavy atom. The number of aliphatic hydroxyl groups is 1. The molecule has 0 spiro atoms. The molecule has 2 unspecified atom stereocenters. The maximum Gasteiger partial charge on any atom is 0.327 e. The van der Waals surface area contributed by atoms with Crippen molar-refractivity contribution >= 4 is 39.4 Å². The highest BCUT2D eigenvalue weighted by Crippen LogP contribution is 2.38. The van der Waals surface area contributed by atoms with E-state index in [-0.39, 0.29) is 35.3 Å². The summed E-state index contributed by atoms with van der Waals surface area (Å²) in [6.07, 6.45) is 11.5. The molecule has 0 radical (unpaired) electrons. The zero-order chi connectivity index (χ0) is 30.1. The van der Waals surface area contributed by atoms with Crippen molar-refractivity contribution in [3.05, 3.63) is 35.4 Å².